The number of nitrogens with zero attached hydrogens (tertiary/aromatic N) is 3. The van der Waals surface area contributed by atoms with Gasteiger partial charge in [0.1, 0.15) is 17.5 Å². The summed E-state index contributed by atoms with van der Waals surface area (Å²) in [6.45, 7) is 3.42. The van der Waals surface area contributed by atoms with E-state index in [1.165, 1.54) is 23.0 Å². The molecule has 1 aromatic carbocycles. The first-order chi connectivity index (χ1) is 15.2. The molecule has 164 valence electrons. The average Bonchev–Trinajstić information content (AvgIpc) is 3.11. The Kier molecular flexibility index (Phi) is 5.36. The number of benzene rings is 1. The monoisotopic (exact) mass is 453 g/mol. The quantitative estimate of drug-likeness (QED) is 0.470. The van der Waals surface area contributed by atoms with E-state index in [4.69, 9.17) is 9.56 Å². The lowest BCUT2D eigenvalue weighted by Crippen LogP contribution is -2.26. The molecule has 3 aromatic heterocycles. The predicted octanol–water partition coefficient (Wildman–Crippen LogP) is 2.20. The lowest BCUT2D eigenvalue weighted by molar-refractivity contribution is 0.102. The summed E-state index contributed by atoms with van der Waals surface area (Å²) in [5.74, 6) is -0.392. The number of aromatic nitrogens is 3. The van der Waals surface area contributed by atoms with Gasteiger partial charge in [-0.05, 0) is 31.5 Å². The van der Waals surface area contributed by atoms with Crippen LogP contribution in [-0.4, -0.2) is 28.9 Å². The Balaban J connectivity index is 1.73. The van der Waals surface area contributed by atoms with E-state index in [0.717, 1.165) is 11.8 Å². The van der Waals surface area contributed by atoms with Crippen molar-refractivity contribution in [1.82, 2.24) is 14.5 Å². The molecular formula is C21H19N5O5S. The highest BCUT2D eigenvalue weighted by molar-refractivity contribution is 7.89. The number of sulfonamides is 1. The summed E-state index contributed by atoms with van der Waals surface area (Å²) in [4.78, 5) is 34.2. The van der Waals surface area contributed by atoms with Gasteiger partial charge in [0, 0.05) is 0 Å². The number of fused-ring (bicyclic) bond motifs is 1. The van der Waals surface area contributed by atoms with Crippen LogP contribution in [0.1, 0.15) is 34.6 Å². The Morgan fingerprint density at radius 1 is 1.16 bits per heavy atom. The Bertz CT molecular complexity index is 1480. The van der Waals surface area contributed by atoms with Gasteiger partial charge in [0.15, 0.2) is 5.03 Å². The lowest BCUT2D eigenvalue weighted by Gasteiger charge is -2.15. The first-order valence-corrected chi connectivity index (χ1v) is 11.1. The third-order valence-corrected chi connectivity index (χ3v) is 5.85. The summed E-state index contributed by atoms with van der Waals surface area (Å²) in [5.41, 5.74) is 0.802. The second-order valence-corrected chi connectivity index (χ2v) is 8.65. The molecule has 3 N–H and O–H groups in total. The van der Waals surface area contributed by atoms with E-state index in [9.17, 15) is 18.0 Å². The van der Waals surface area contributed by atoms with Crippen LogP contribution in [0.3, 0.4) is 0 Å². The summed E-state index contributed by atoms with van der Waals surface area (Å²) < 4.78 is 29.7. The van der Waals surface area contributed by atoms with Gasteiger partial charge in [0.25, 0.3) is 21.5 Å². The number of carbonyl (C=O) groups excluding carboxylic acids is 1. The van der Waals surface area contributed by atoms with Crippen molar-refractivity contribution in [3.63, 3.8) is 0 Å². The average molecular weight is 453 g/mol. The number of hydrogen-bond donors (Lipinski definition) is 2. The van der Waals surface area contributed by atoms with Gasteiger partial charge in [-0.3, -0.25) is 14.2 Å². The highest BCUT2D eigenvalue weighted by atomic mass is 32.2. The third-order valence-electron chi connectivity index (χ3n) is 5.03. The fraction of sp³-hybridized carbons (Fsp3) is 0.143. The number of rotatable bonds is 5. The van der Waals surface area contributed by atoms with Gasteiger partial charge in [0.05, 0.1) is 23.5 Å². The SMILES string of the molecule is Cc1oc2ncn([C@H](C)c3ccccc3)c(=O)c2c1C(=O)Nc1ccc(S(N)(=O)=O)nc1. The summed E-state index contributed by atoms with van der Waals surface area (Å²) in [6, 6.07) is 11.6. The van der Waals surface area contributed by atoms with E-state index in [0.29, 0.717) is 0 Å². The first kappa shape index (κ1) is 21.4. The zero-order valence-corrected chi connectivity index (χ0v) is 18.0. The number of amides is 1. The molecule has 0 aliphatic heterocycles. The number of nitrogens with two attached hydrogens (primary N) is 1. The normalized spacial score (nSPS) is 12.6. The van der Waals surface area contributed by atoms with Crippen LogP contribution in [0.5, 0.6) is 0 Å². The van der Waals surface area contributed by atoms with Gasteiger partial charge in [-0.1, -0.05) is 30.3 Å². The molecule has 0 aliphatic rings. The van der Waals surface area contributed by atoms with Crippen molar-refractivity contribution < 1.29 is 17.6 Å². The van der Waals surface area contributed by atoms with Gasteiger partial charge < -0.3 is 9.73 Å². The van der Waals surface area contributed by atoms with Crippen molar-refractivity contribution in [2.75, 3.05) is 5.32 Å². The molecule has 0 spiro atoms. The maximum atomic E-state index is 13.3. The van der Waals surface area contributed by atoms with Crippen molar-refractivity contribution in [2.45, 2.75) is 24.9 Å². The van der Waals surface area contributed by atoms with Crippen molar-refractivity contribution in [2.24, 2.45) is 5.14 Å². The molecule has 0 saturated carbocycles. The highest BCUT2D eigenvalue weighted by Gasteiger charge is 2.24. The number of primary sulfonamides is 1. The van der Waals surface area contributed by atoms with Crippen LogP contribution in [-0.2, 0) is 10.0 Å². The van der Waals surface area contributed by atoms with Gasteiger partial charge in [0.2, 0.25) is 5.71 Å². The van der Waals surface area contributed by atoms with E-state index in [1.54, 1.807) is 6.92 Å². The number of aryl methyl sites for hydroxylation is 1. The predicted molar refractivity (Wildman–Crippen MR) is 117 cm³/mol. The Morgan fingerprint density at radius 2 is 1.88 bits per heavy atom. The van der Waals surface area contributed by atoms with E-state index in [-0.39, 0.29) is 39.2 Å². The Labute approximate surface area is 182 Å². The van der Waals surface area contributed by atoms with Crippen LogP contribution in [0, 0.1) is 6.92 Å². The van der Waals surface area contributed by atoms with Crippen molar-refractivity contribution >= 4 is 32.7 Å². The van der Waals surface area contributed by atoms with Crippen LogP contribution in [0.25, 0.3) is 11.1 Å². The number of nitrogens with one attached hydrogen (secondary N) is 1. The van der Waals surface area contributed by atoms with Crippen LogP contribution in [0.2, 0.25) is 0 Å². The zero-order valence-electron chi connectivity index (χ0n) is 17.1. The van der Waals surface area contributed by atoms with Crippen LogP contribution < -0.4 is 16.0 Å². The van der Waals surface area contributed by atoms with Gasteiger partial charge in [-0.15, -0.1) is 0 Å². The summed E-state index contributed by atoms with van der Waals surface area (Å²) in [6.07, 6.45) is 2.55. The van der Waals surface area contributed by atoms with E-state index in [2.05, 4.69) is 15.3 Å². The van der Waals surface area contributed by atoms with Crippen LogP contribution in [0.4, 0.5) is 5.69 Å². The number of pyridine rings is 1. The second-order valence-electron chi connectivity index (χ2n) is 7.14. The van der Waals surface area contributed by atoms with Gasteiger partial charge in [-0.2, -0.15) is 0 Å². The van der Waals surface area contributed by atoms with E-state index < -0.39 is 21.5 Å². The fourth-order valence-electron chi connectivity index (χ4n) is 3.37. The molecule has 4 aromatic rings. The number of hydrogen-bond acceptors (Lipinski definition) is 7. The molecule has 3 heterocycles. The van der Waals surface area contributed by atoms with Crippen molar-refractivity contribution in [3.05, 3.63) is 82.2 Å². The van der Waals surface area contributed by atoms with Crippen LogP contribution >= 0.6 is 0 Å². The molecule has 11 heteroatoms. The minimum atomic E-state index is -3.96. The van der Waals surface area contributed by atoms with Crippen LogP contribution in [0.15, 0.2) is 69.2 Å². The van der Waals surface area contributed by atoms with E-state index >= 15 is 0 Å². The smallest absolute Gasteiger partial charge is 0.266 e. The van der Waals surface area contributed by atoms with E-state index in [1.807, 2.05) is 37.3 Å². The molecule has 0 fully saturated rings. The number of carbonyl (C=O) groups is 1. The summed E-state index contributed by atoms with van der Waals surface area (Å²) >= 11 is 0. The molecule has 0 bridgehead atoms. The minimum Gasteiger partial charge on any atom is -0.442 e. The standard InChI is InChI=1S/C21H19N5O5S/c1-12(14-6-4-3-5-7-14)26-11-24-20-18(21(26)28)17(13(2)31-20)19(27)25-15-8-9-16(23-10-15)32(22,29)30/h3-12H,1-2H3,(H,25,27)(H2,22,29,30)/t12-/m1/s1. The van der Waals surface area contributed by atoms with Gasteiger partial charge in [-0.25, -0.2) is 23.5 Å². The highest BCUT2D eigenvalue weighted by Crippen LogP contribution is 2.24. The van der Waals surface area contributed by atoms with Gasteiger partial charge >= 0.3 is 0 Å². The zero-order chi connectivity index (χ0) is 23.0. The fourth-order valence-corrected chi connectivity index (χ4v) is 3.83. The minimum absolute atomic E-state index is 0.0441. The van der Waals surface area contributed by atoms with Crippen molar-refractivity contribution in [3.8, 4) is 0 Å². The second kappa shape index (κ2) is 8.02. The molecule has 0 unspecified atom stereocenters. The molecule has 1 amide bonds. The molecule has 0 radical (unpaired) electrons. The molecule has 1 atom stereocenters. The summed E-state index contributed by atoms with van der Waals surface area (Å²) in [7, 11) is -3.96. The van der Waals surface area contributed by atoms with Crippen molar-refractivity contribution in [1.29, 1.82) is 0 Å². The lowest BCUT2D eigenvalue weighted by atomic mass is 10.1. The molecule has 0 aliphatic carbocycles. The number of furan rings is 1. The topological polar surface area (TPSA) is 150 Å². The molecule has 32 heavy (non-hydrogen) atoms. The maximum absolute atomic E-state index is 13.3. The summed E-state index contributed by atoms with van der Waals surface area (Å²) in [5, 5.41) is 7.34. The molecule has 0 saturated heterocycles. The molecular weight excluding hydrogens is 434 g/mol. The maximum Gasteiger partial charge on any atom is 0.266 e. The molecule has 4 rings (SSSR count). The largest absolute Gasteiger partial charge is 0.442 e. The first-order valence-electron chi connectivity index (χ1n) is 9.52. The third kappa shape index (κ3) is 3.90. The Hall–Kier alpha value is -3.83. The Morgan fingerprint density at radius 3 is 2.50 bits per heavy atom. The number of anilines is 1. The molecule has 10 nitrogen and oxygen atoms in total.